The Labute approximate surface area is 163 Å². The molecule has 1 aliphatic heterocycles. The van der Waals surface area contributed by atoms with Crippen molar-refractivity contribution < 1.29 is 23.4 Å². The summed E-state index contributed by atoms with van der Waals surface area (Å²) in [5.41, 5.74) is 1.33. The van der Waals surface area contributed by atoms with E-state index in [1.165, 1.54) is 18.2 Å². The van der Waals surface area contributed by atoms with Gasteiger partial charge in [-0.1, -0.05) is 0 Å². The molecule has 1 saturated carbocycles. The van der Waals surface area contributed by atoms with E-state index in [4.69, 9.17) is 5.11 Å². The minimum atomic E-state index is -3.27. The molecule has 7 heteroatoms. The second kappa shape index (κ2) is 7.94. The van der Waals surface area contributed by atoms with Crippen LogP contribution in [0.1, 0.15) is 57.4 Å². The molecule has 1 aromatic carbocycles. The van der Waals surface area contributed by atoms with Gasteiger partial charge in [0.15, 0.2) is 0 Å². The Kier molecular flexibility index (Phi) is 5.78. The molecule has 1 heterocycles. The lowest BCUT2D eigenvalue weighted by atomic mass is 9.65. The number of alkyl halides is 2. The van der Waals surface area contributed by atoms with Gasteiger partial charge in [0.25, 0.3) is 0 Å². The highest BCUT2D eigenvalue weighted by Crippen LogP contribution is 2.47. The second-order valence-corrected chi connectivity index (χ2v) is 8.23. The van der Waals surface area contributed by atoms with Crippen molar-refractivity contribution in [3.63, 3.8) is 0 Å². The van der Waals surface area contributed by atoms with Crippen LogP contribution in [0.2, 0.25) is 0 Å². The van der Waals surface area contributed by atoms with Gasteiger partial charge in [-0.2, -0.15) is 14.0 Å². The fraction of sp³-hybridized carbons (Fsp3) is 0.619. The number of hydrogen-bond acceptors (Lipinski definition) is 4. The Bertz CT molecular complexity index is 752. The van der Waals surface area contributed by atoms with Gasteiger partial charge in [0.2, 0.25) is 0 Å². The molecule has 0 radical (unpaired) electrons. The number of nitriles is 1. The lowest BCUT2D eigenvalue weighted by Crippen LogP contribution is -2.42. The number of carbonyl (C=O) groups is 1. The van der Waals surface area contributed by atoms with E-state index in [0.717, 1.165) is 51.6 Å². The van der Waals surface area contributed by atoms with Crippen molar-refractivity contribution in [2.24, 2.45) is 11.3 Å². The number of ether oxygens (including phenoxy) is 1. The summed E-state index contributed by atoms with van der Waals surface area (Å²) in [6, 6.07) is 6.59. The molecule has 1 N–H and O–H groups in total. The lowest BCUT2D eigenvalue weighted by molar-refractivity contribution is -0.158. The molecule has 152 valence electrons. The Morgan fingerprint density at radius 3 is 2.50 bits per heavy atom. The van der Waals surface area contributed by atoms with Crippen molar-refractivity contribution in [1.29, 1.82) is 5.26 Å². The van der Waals surface area contributed by atoms with Crippen LogP contribution in [0, 0.1) is 22.7 Å². The van der Waals surface area contributed by atoms with Gasteiger partial charge in [0, 0.05) is 32.5 Å². The number of aliphatic carboxylic acids is 1. The topological polar surface area (TPSA) is 73.6 Å². The number of halogens is 2. The molecule has 2 aliphatic rings. The summed E-state index contributed by atoms with van der Waals surface area (Å²) in [6.07, 6.45) is 2.88. The number of nitrogens with zero attached hydrogens (tertiary/aromatic N) is 2. The van der Waals surface area contributed by atoms with Crippen molar-refractivity contribution in [3.8, 4) is 11.8 Å². The van der Waals surface area contributed by atoms with Crippen LogP contribution < -0.4 is 9.64 Å². The predicted octanol–water partition coefficient (Wildman–Crippen LogP) is 4.80. The van der Waals surface area contributed by atoms with Crippen molar-refractivity contribution in [1.82, 2.24) is 0 Å². The lowest BCUT2D eigenvalue weighted by Gasteiger charge is -2.46. The second-order valence-electron chi connectivity index (χ2n) is 8.23. The van der Waals surface area contributed by atoms with Crippen LogP contribution in [0.5, 0.6) is 5.75 Å². The summed E-state index contributed by atoms with van der Waals surface area (Å²) in [5, 5.41) is 18.4. The van der Waals surface area contributed by atoms with Crippen molar-refractivity contribution in [2.75, 3.05) is 18.0 Å². The summed E-state index contributed by atoms with van der Waals surface area (Å²) in [6.45, 7) is 2.20. The molecule has 1 aliphatic carbocycles. The zero-order valence-corrected chi connectivity index (χ0v) is 16.1. The molecule has 0 aromatic heterocycles. The fourth-order valence-electron chi connectivity index (χ4n) is 4.60. The average Bonchev–Trinajstić information content (AvgIpc) is 2.63. The van der Waals surface area contributed by atoms with Crippen molar-refractivity contribution in [2.45, 2.75) is 58.0 Å². The molecule has 1 aromatic rings. The fourth-order valence-corrected chi connectivity index (χ4v) is 4.60. The standard InChI is InChI=1S/C21H26F2N2O3/c1-20(22,23)28-17-3-2-16(14-24)18(13-17)25-10-8-21(9-11-25)6-4-15(5-7-21)12-19(26)27/h2-3,13,15H,4-12H2,1H3,(H,26,27). The zero-order valence-electron chi connectivity index (χ0n) is 16.1. The van der Waals surface area contributed by atoms with Crippen LogP contribution in [0.3, 0.4) is 0 Å². The van der Waals surface area contributed by atoms with E-state index < -0.39 is 12.1 Å². The summed E-state index contributed by atoms with van der Waals surface area (Å²) in [4.78, 5) is 13.0. The first-order valence-electron chi connectivity index (χ1n) is 9.77. The number of hydrogen-bond donors (Lipinski definition) is 1. The molecule has 0 bridgehead atoms. The van der Waals surface area contributed by atoms with Gasteiger partial charge >= 0.3 is 12.1 Å². The van der Waals surface area contributed by atoms with Crippen LogP contribution in [-0.2, 0) is 4.79 Å². The maximum absolute atomic E-state index is 13.2. The molecule has 5 nitrogen and oxygen atoms in total. The molecule has 1 saturated heterocycles. The van der Waals surface area contributed by atoms with Crippen LogP contribution in [-0.4, -0.2) is 30.3 Å². The zero-order chi connectivity index (χ0) is 20.4. The minimum Gasteiger partial charge on any atom is -0.481 e. The molecule has 0 amide bonds. The number of benzene rings is 1. The van der Waals surface area contributed by atoms with E-state index in [1.54, 1.807) is 0 Å². The summed E-state index contributed by atoms with van der Waals surface area (Å²) < 4.78 is 31.0. The number of rotatable bonds is 5. The van der Waals surface area contributed by atoms with E-state index in [9.17, 15) is 18.8 Å². The van der Waals surface area contributed by atoms with E-state index in [-0.39, 0.29) is 23.5 Å². The Morgan fingerprint density at radius 1 is 1.32 bits per heavy atom. The third-order valence-electron chi connectivity index (χ3n) is 6.18. The Balaban J connectivity index is 1.66. The quantitative estimate of drug-likeness (QED) is 0.779. The molecule has 2 fully saturated rings. The third-order valence-corrected chi connectivity index (χ3v) is 6.18. The van der Waals surface area contributed by atoms with Gasteiger partial charge in [0.05, 0.1) is 11.3 Å². The van der Waals surface area contributed by atoms with Crippen LogP contribution >= 0.6 is 0 Å². The highest BCUT2D eigenvalue weighted by atomic mass is 19.3. The molecular weight excluding hydrogens is 366 g/mol. The van der Waals surface area contributed by atoms with E-state index in [0.29, 0.717) is 18.2 Å². The molecule has 1 spiro atoms. The Hall–Kier alpha value is -2.36. The van der Waals surface area contributed by atoms with Gasteiger partial charge < -0.3 is 14.7 Å². The minimum absolute atomic E-state index is 0.0518. The monoisotopic (exact) mass is 392 g/mol. The van der Waals surface area contributed by atoms with Crippen molar-refractivity contribution in [3.05, 3.63) is 23.8 Å². The molecular formula is C21H26F2N2O3. The smallest absolute Gasteiger partial charge is 0.394 e. The summed E-state index contributed by atoms with van der Waals surface area (Å²) >= 11 is 0. The van der Waals surface area contributed by atoms with Crippen LogP contribution in [0.25, 0.3) is 0 Å². The first-order chi connectivity index (χ1) is 13.2. The van der Waals surface area contributed by atoms with E-state index >= 15 is 0 Å². The molecule has 3 rings (SSSR count). The molecule has 0 atom stereocenters. The normalized spacial score (nSPS) is 20.0. The number of piperidine rings is 1. The van der Waals surface area contributed by atoms with Gasteiger partial charge in [-0.15, -0.1) is 0 Å². The van der Waals surface area contributed by atoms with Crippen LogP contribution in [0.15, 0.2) is 18.2 Å². The van der Waals surface area contributed by atoms with Crippen LogP contribution in [0.4, 0.5) is 14.5 Å². The highest BCUT2D eigenvalue weighted by Gasteiger charge is 2.38. The Morgan fingerprint density at radius 2 is 1.96 bits per heavy atom. The number of anilines is 1. The van der Waals surface area contributed by atoms with Crippen molar-refractivity contribution >= 4 is 11.7 Å². The average molecular weight is 392 g/mol. The number of carboxylic acids is 1. The first kappa shape index (κ1) is 20.4. The van der Waals surface area contributed by atoms with Gasteiger partial charge in [0.1, 0.15) is 11.8 Å². The predicted molar refractivity (Wildman–Crippen MR) is 100 cm³/mol. The van der Waals surface area contributed by atoms with Gasteiger partial charge in [-0.05, 0) is 62.0 Å². The van der Waals surface area contributed by atoms with Gasteiger partial charge in [-0.3, -0.25) is 4.79 Å². The van der Waals surface area contributed by atoms with Gasteiger partial charge in [-0.25, -0.2) is 0 Å². The number of carboxylic acid groups (broad SMARTS) is 1. The largest absolute Gasteiger partial charge is 0.481 e. The highest BCUT2D eigenvalue weighted by molar-refractivity contribution is 5.67. The molecule has 28 heavy (non-hydrogen) atoms. The molecule has 0 unspecified atom stereocenters. The maximum atomic E-state index is 13.2. The third kappa shape index (κ3) is 4.92. The van der Waals surface area contributed by atoms with E-state index in [2.05, 4.69) is 15.7 Å². The maximum Gasteiger partial charge on any atom is 0.394 e. The SMILES string of the molecule is CC(F)(F)Oc1ccc(C#N)c(N2CCC3(CCC(CC(=O)O)CC3)CC2)c1. The first-order valence-corrected chi connectivity index (χ1v) is 9.77. The summed E-state index contributed by atoms with van der Waals surface area (Å²) in [5.74, 6) is -0.397. The summed E-state index contributed by atoms with van der Waals surface area (Å²) in [7, 11) is 0. The van der Waals surface area contributed by atoms with E-state index in [1.807, 2.05) is 0 Å².